The van der Waals surface area contributed by atoms with E-state index in [2.05, 4.69) is 24.4 Å². The second-order valence-corrected chi connectivity index (χ2v) is 10.4. The number of carbonyl (C=O) groups excluding carboxylic acids is 2. The Morgan fingerprint density at radius 2 is 1.90 bits per heavy atom. The molecule has 0 bridgehead atoms. The Morgan fingerprint density at radius 1 is 1.12 bits per heavy atom. The molecular weight excluding hydrogens is 507 g/mol. The molecular formula is C33H37FN2O4. The summed E-state index contributed by atoms with van der Waals surface area (Å²) >= 11 is 0. The van der Waals surface area contributed by atoms with Gasteiger partial charge in [0.05, 0.1) is 19.3 Å². The number of nitrogens with one attached hydrogen (secondary N) is 1. The van der Waals surface area contributed by atoms with E-state index in [1.165, 1.54) is 17.7 Å². The Labute approximate surface area is 235 Å². The number of nitriles is 1. The van der Waals surface area contributed by atoms with E-state index in [4.69, 9.17) is 9.47 Å². The molecule has 0 radical (unpaired) electrons. The minimum Gasteiger partial charge on any atom is -0.493 e. The van der Waals surface area contributed by atoms with Gasteiger partial charge < -0.3 is 14.8 Å². The number of hydrogen-bond donors (Lipinski definition) is 1. The van der Waals surface area contributed by atoms with E-state index in [0.29, 0.717) is 44.6 Å². The van der Waals surface area contributed by atoms with E-state index < -0.39 is 0 Å². The summed E-state index contributed by atoms with van der Waals surface area (Å²) in [6.07, 6.45) is 8.48. The zero-order chi connectivity index (χ0) is 28.5. The molecule has 1 fully saturated rings. The van der Waals surface area contributed by atoms with Gasteiger partial charge in [-0.3, -0.25) is 9.59 Å². The van der Waals surface area contributed by atoms with E-state index in [0.717, 1.165) is 48.1 Å². The number of halogens is 1. The number of fused-ring (bicyclic) bond motifs is 2. The van der Waals surface area contributed by atoms with Crippen LogP contribution in [0.5, 0.6) is 5.75 Å². The summed E-state index contributed by atoms with van der Waals surface area (Å²) in [6.45, 7) is 5.20. The Balaban J connectivity index is 1.33. The van der Waals surface area contributed by atoms with Gasteiger partial charge in [0.25, 0.3) is 0 Å². The lowest BCUT2D eigenvalue weighted by atomic mass is 9.85. The van der Waals surface area contributed by atoms with Gasteiger partial charge in [-0.25, -0.2) is 4.39 Å². The van der Waals surface area contributed by atoms with Gasteiger partial charge in [-0.1, -0.05) is 36.8 Å². The molecule has 1 spiro atoms. The summed E-state index contributed by atoms with van der Waals surface area (Å²) < 4.78 is 24.3. The number of benzene rings is 2. The zero-order valence-electron chi connectivity index (χ0n) is 23.3. The lowest BCUT2D eigenvalue weighted by Crippen LogP contribution is -2.31. The average molecular weight is 545 g/mol. The summed E-state index contributed by atoms with van der Waals surface area (Å²) in [5.41, 5.74) is 4.45. The molecule has 2 aromatic rings. The molecule has 2 atom stereocenters. The minimum absolute atomic E-state index is 0.001000. The van der Waals surface area contributed by atoms with Crippen molar-refractivity contribution in [2.75, 3.05) is 19.8 Å². The molecule has 210 valence electrons. The van der Waals surface area contributed by atoms with Gasteiger partial charge in [0.2, 0.25) is 5.91 Å². The van der Waals surface area contributed by atoms with Crippen LogP contribution in [0.1, 0.15) is 64.4 Å². The molecule has 4 rings (SSSR count). The van der Waals surface area contributed by atoms with Crippen molar-refractivity contribution in [2.24, 2.45) is 5.92 Å². The highest BCUT2D eigenvalue weighted by atomic mass is 19.1. The number of ether oxygens (including phenoxy) is 2. The Morgan fingerprint density at radius 3 is 2.62 bits per heavy atom. The fourth-order valence-corrected chi connectivity index (χ4v) is 5.48. The quantitative estimate of drug-likeness (QED) is 0.186. The first-order valence-electron chi connectivity index (χ1n) is 14.2. The first kappa shape index (κ1) is 29.1. The summed E-state index contributed by atoms with van der Waals surface area (Å²) in [7, 11) is 0. The lowest BCUT2D eigenvalue weighted by molar-refractivity contribution is -0.143. The van der Waals surface area contributed by atoms with Crippen molar-refractivity contribution in [1.29, 1.82) is 5.26 Å². The highest BCUT2D eigenvalue weighted by molar-refractivity contribution is 5.85. The molecule has 1 amide bonds. The van der Waals surface area contributed by atoms with Gasteiger partial charge in [-0.15, -0.1) is 0 Å². The molecule has 1 aliphatic heterocycles. The zero-order valence-corrected chi connectivity index (χ0v) is 23.3. The number of hydrogen-bond acceptors (Lipinski definition) is 5. The Bertz CT molecular complexity index is 1320. The maximum absolute atomic E-state index is 13.4. The second kappa shape index (κ2) is 13.4. The number of amides is 1. The van der Waals surface area contributed by atoms with Gasteiger partial charge in [0, 0.05) is 35.4 Å². The average Bonchev–Trinajstić information content (AvgIpc) is 3.68. The molecule has 0 aromatic heterocycles. The minimum atomic E-state index is -0.275. The number of nitrogens with zero attached hydrogens (tertiary/aromatic N) is 1. The van der Waals surface area contributed by atoms with Crippen LogP contribution in [0.15, 0.2) is 65.8 Å². The molecule has 1 heterocycles. The van der Waals surface area contributed by atoms with Crippen molar-refractivity contribution < 1.29 is 23.5 Å². The molecule has 0 saturated heterocycles. The van der Waals surface area contributed by atoms with Crippen molar-refractivity contribution in [3.8, 4) is 22.9 Å². The van der Waals surface area contributed by atoms with Gasteiger partial charge in [0.1, 0.15) is 11.6 Å². The third kappa shape index (κ3) is 6.98. The molecule has 2 aromatic carbocycles. The summed E-state index contributed by atoms with van der Waals surface area (Å²) in [5.74, 6) is 0.211. The molecule has 1 N–H and O–H groups in total. The second-order valence-electron chi connectivity index (χ2n) is 10.4. The fourth-order valence-electron chi connectivity index (χ4n) is 5.48. The van der Waals surface area contributed by atoms with E-state index in [9.17, 15) is 19.2 Å². The lowest BCUT2D eigenvalue weighted by Gasteiger charge is -2.27. The van der Waals surface area contributed by atoms with Crippen molar-refractivity contribution in [1.82, 2.24) is 5.32 Å². The van der Waals surface area contributed by atoms with Gasteiger partial charge in [-0.2, -0.15) is 5.26 Å². The number of carbonyl (C=O) groups is 2. The SMILES string of the molecule is CCOC(=O)CCC/C(=C/C=C(/C#N)CCNC(=O)[C@@H]1C[C@]12CCOc1ccc(-c3ccc(F)cc3)cc12)CC. The van der Waals surface area contributed by atoms with Crippen molar-refractivity contribution in [2.45, 2.75) is 64.2 Å². The number of esters is 1. The molecule has 0 unspecified atom stereocenters. The van der Waals surface area contributed by atoms with Gasteiger partial charge in [-0.05, 0) is 86.9 Å². The van der Waals surface area contributed by atoms with E-state index in [-0.39, 0.29) is 29.0 Å². The fraction of sp³-hybridized carbons (Fsp3) is 0.424. The van der Waals surface area contributed by atoms with Crippen LogP contribution in [0.2, 0.25) is 0 Å². The maximum atomic E-state index is 13.4. The van der Waals surface area contributed by atoms with Crippen LogP contribution in [0.25, 0.3) is 11.1 Å². The molecule has 1 saturated carbocycles. The smallest absolute Gasteiger partial charge is 0.305 e. The first-order valence-corrected chi connectivity index (χ1v) is 14.2. The molecule has 6 nitrogen and oxygen atoms in total. The van der Waals surface area contributed by atoms with Crippen molar-refractivity contribution in [3.05, 3.63) is 77.1 Å². The van der Waals surface area contributed by atoms with Crippen LogP contribution < -0.4 is 10.1 Å². The molecule has 2 aliphatic rings. The van der Waals surface area contributed by atoms with Crippen LogP contribution in [0, 0.1) is 23.1 Å². The summed E-state index contributed by atoms with van der Waals surface area (Å²) in [4.78, 5) is 24.7. The molecule has 1 aliphatic carbocycles. The Kier molecular flexibility index (Phi) is 9.76. The normalized spacial score (nSPS) is 19.8. The van der Waals surface area contributed by atoms with Gasteiger partial charge in [0.15, 0.2) is 0 Å². The van der Waals surface area contributed by atoms with Crippen molar-refractivity contribution >= 4 is 11.9 Å². The number of rotatable bonds is 12. The van der Waals surface area contributed by atoms with Crippen LogP contribution >= 0.6 is 0 Å². The predicted octanol–water partition coefficient (Wildman–Crippen LogP) is 6.56. The third-order valence-corrected chi connectivity index (χ3v) is 7.89. The van der Waals surface area contributed by atoms with E-state index >= 15 is 0 Å². The van der Waals surface area contributed by atoms with Crippen molar-refractivity contribution in [3.63, 3.8) is 0 Å². The van der Waals surface area contributed by atoms with Crippen LogP contribution in [-0.2, 0) is 19.7 Å². The largest absolute Gasteiger partial charge is 0.493 e. The summed E-state index contributed by atoms with van der Waals surface area (Å²) in [6, 6.07) is 14.6. The monoisotopic (exact) mass is 544 g/mol. The Hall–Kier alpha value is -3.92. The van der Waals surface area contributed by atoms with E-state index in [1.54, 1.807) is 19.1 Å². The highest BCUT2D eigenvalue weighted by Crippen LogP contribution is 2.61. The van der Waals surface area contributed by atoms with Crippen LogP contribution in [0.4, 0.5) is 4.39 Å². The molecule has 7 heteroatoms. The third-order valence-electron chi connectivity index (χ3n) is 7.89. The van der Waals surface area contributed by atoms with Gasteiger partial charge >= 0.3 is 5.97 Å². The van der Waals surface area contributed by atoms with Crippen LogP contribution in [0.3, 0.4) is 0 Å². The first-order chi connectivity index (χ1) is 19.4. The highest BCUT2D eigenvalue weighted by Gasteiger charge is 2.61. The standard InChI is InChI=1S/C33H37FN2O4/c1-3-23(6-5-7-31(37)39-4-2)8-9-24(22-35)16-18-36-32(38)29-21-33(29)17-19-40-30-15-12-26(20-28(30)33)25-10-13-27(34)14-11-25/h8-15,20,29H,3-7,16-19,21H2,1-2H3,(H,36,38)/b23-8+,24-9+/t29-,33-/m0/s1. The maximum Gasteiger partial charge on any atom is 0.305 e. The van der Waals surface area contributed by atoms with E-state index in [1.807, 2.05) is 24.3 Å². The molecule has 40 heavy (non-hydrogen) atoms. The summed E-state index contributed by atoms with van der Waals surface area (Å²) in [5, 5.41) is 12.6. The number of allylic oxidation sites excluding steroid dienone is 3. The predicted molar refractivity (Wildman–Crippen MR) is 152 cm³/mol. The topological polar surface area (TPSA) is 88.4 Å². The van der Waals surface area contributed by atoms with Crippen LogP contribution in [-0.4, -0.2) is 31.6 Å².